The fourth-order valence-corrected chi connectivity index (χ4v) is 5.28. The van der Waals surface area contributed by atoms with Gasteiger partial charge in [0, 0.05) is 24.0 Å². The normalized spacial score (nSPS) is 12.2. The van der Waals surface area contributed by atoms with E-state index in [4.69, 9.17) is 0 Å². The molecule has 0 bridgehead atoms. The number of rotatable bonds is 12. The lowest BCUT2D eigenvalue weighted by Gasteiger charge is -2.34. The molecule has 0 saturated heterocycles. The summed E-state index contributed by atoms with van der Waals surface area (Å²) in [4.78, 5) is 29.2. The molecule has 3 aromatic rings. The van der Waals surface area contributed by atoms with E-state index in [2.05, 4.69) is 21.2 Å². The van der Waals surface area contributed by atoms with E-state index in [9.17, 15) is 18.0 Å². The smallest absolute Gasteiger partial charge is 0.244 e. The number of anilines is 1. The van der Waals surface area contributed by atoms with Gasteiger partial charge in [-0.25, -0.2) is 8.42 Å². The predicted molar refractivity (Wildman–Crippen MR) is 160 cm³/mol. The van der Waals surface area contributed by atoms with Crippen molar-refractivity contribution in [3.05, 3.63) is 100 Å². The number of nitrogens with zero attached hydrogens (tertiary/aromatic N) is 2. The van der Waals surface area contributed by atoms with Gasteiger partial charge >= 0.3 is 0 Å². The maximum atomic E-state index is 14.1. The van der Waals surface area contributed by atoms with Crippen molar-refractivity contribution in [2.75, 3.05) is 23.7 Å². The molecular weight excluding hydrogens is 578 g/mol. The van der Waals surface area contributed by atoms with Gasteiger partial charge in [-0.05, 0) is 53.8 Å². The van der Waals surface area contributed by atoms with Crippen molar-refractivity contribution in [3.63, 3.8) is 0 Å². The lowest BCUT2D eigenvalue weighted by Crippen LogP contribution is -2.53. The number of aryl methyl sites for hydroxylation is 1. The molecule has 1 N–H and O–H groups in total. The molecule has 3 aromatic carbocycles. The third-order valence-electron chi connectivity index (χ3n) is 6.35. The lowest BCUT2D eigenvalue weighted by molar-refractivity contribution is -0.140. The van der Waals surface area contributed by atoms with Crippen LogP contribution in [0.5, 0.6) is 0 Å². The molecule has 0 aliphatic heterocycles. The summed E-state index contributed by atoms with van der Waals surface area (Å²) >= 11 is 3.37. The van der Waals surface area contributed by atoms with Gasteiger partial charge in [-0.15, -0.1) is 0 Å². The van der Waals surface area contributed by atoms with Crippen molar-refractivity contribution in [1.29, 1.82) is 0 Å². The Labute approximate surface area is 240 Å². The Bertz CT molecular complexity index is 1360. The first kappa shape index (κ1) is 30.4. The summed E-state index contributed by atoms with van der Waals surface area (Å²) in [5.74, 6) is -0.513. The molecule has 0 fully saturated rings. The van der Waals surface area contributed by atoms with E-state index in [1.807, 2.05) is 75.4 Å². The van der Waals surface area contributed by atoms with Crippen LogP contribution in [0.2, 0.25) is 0 Å². The Balaban J connectivity index is 2.05. The first-order chi connectivity index (χ1) is 18.5. The highest BCUT2D eigenvalue weighted by atomic mass is 79.9. The number of hydrogen-bond acceptors (Lipinski definition) is 4. The summed E-state index contributed by atoms with van der Waals surface area (Å²) in [6, 6.07) is 23.1. The first-order valence-corrected chi connectivity index (χ1v) is 15.5. The number of carbonyl (C=O) groups excluding carboxylic acids is 2. The molecule has 0 aromatic heterocycles. The molecule has 0 radical (unpaired) electrons. The van der Waals surface area contributed by atoms with Gasteiger partial charge in [0.05, 0.1) is 11.9 Å². The van der Waals surface area contributed by atoms with Crippen LogP contribution in [0, 0.1) is 12.8 Å². The van der Waals surface area contributed by atoms with Crippen LogP contribution in [0.15, 0.2) is 83.3 Å². The number of hydrogen-bond donors (Lipinski definition) is 1. The van der Waals surface area contributed by atoms with E-state index in [1.165, 1.54) is 4.90 Å². The fraction of sp³-hybridized carbons (Fsp3) is 0.333. The van der Waals surface area contributed by atoms with Crippen LogP contribution in [0.1, 0.15) is 30.5 Å². The number of benzene rings is 3. The zero-order valence-electron chi connectivity index (χ0n) is 22.8. The second-order valence-electron chi connectivity index (χ2n) is 10.0. The lowest BCUT2D eigenvalue weighted by atomic mass is 10.0. The molecule has 0 aliphatic rings. The molecule has 3 rings (SSSR count). The molecule has 0 heterocycles. The van der Waals surface area contributed by atoms with Crippen LogP contribution in [0.3, 0.4) is 0 Å². The van der Waals surface area contributed by atoms with Crippen molar-refractivity contribution >= 4 is 43.5 Å². The Morgan fingerprint density at radius 2 is 1.54 bits per heavy atom. The maximum Gasteiger partial charge on any atom is 0.244 e. The van der Waals surface area contributed by atoms with Gasteiger partial charge in [-0.1, -0.05) is 84.4 Å². The van der Waals surface area contributed by atoms with Crippen LogP contribution >= 0.6 is 15.9 Å². The van der Waals surface area contributed by atoms with E-state index in [1.54, 1.807) is 24.3 Å². The number of nitrogens with one attached hydrogen (secondary N) is 1. The second kappa shape index (κ2) is 13.8. The minimum absolute atomic E-state index is 0.163. The molecule has 0 aliphatic carbocycles. The molecule has 0 spiro atoms. The number of halogens is 1. The Morgan fingerprint density at radius 3 is 2.13 bits per heavy atom. The van der Waals surface area contributed by atoms with Crippen molar-refractivity contribution in [1.82, 2.24) is 10.2 Å². The van der Waals surface area contributed by atoms with Crippen LogP contribution in [-0.4, -0.2) is 50.5 Å². The monoisotopic (exact) mass is 613 g/mol. The molecule has 208 valence electrons. The fourth-order valence-electron chi connectivity index (χ4n) is 4.17. The van der Waals surface area contributed by atoms with E-state index in [0.29, 0.717) is 18.7 Å². The van der Waals surface area contributed by atoms with Crippen molar-refractivity contribution in [2.24, 2.45) is 5.92 Å². The van der Waals surface area contributed by atoms with Crippen LogP contribution < -0.4 is 9.62 Å². The number of carbonyl (C=O) groups is 2. The predicted octanol–water partition coefficient (Wildman–Crippen LogP) is 4.94. The highest BCUT2D eigenvalue weighted by Gasteiger charge is 2.33. The quantitative estimate of drug-likeness (QED) is 0.314. The molecule has 0 saturated carbocycles. The molecule has 39 heavy (non-hydrogen) atoms. The van der Waals surface area contributed by atoms with Gasteiger partial charge < -0.3 is 10.2 Å². The van der Waals surface area contributed by atoms with Gasteiger partial charge in [0.2, 0.25) is 21.8 Å². The average Bonchev–Trinajstić information content (AvgIpc) is 2.89. The van der Waals surface area contributed by atoms with Crippen molar-refractivity contribution < 1.29 is 18.0 Å². The Kier molecular flexibility index (Phi) is 10.7. The van der Waals surface area contributed by atoms with Crippen LogP contribution in [-0.2, 0) is 32.6 Å². The van der Waals surface area contributed by atoms with E-state index in [0.717, 1.165) is 31.7 Å². The Morgan fingerprint density at radius 1 is 0.923 bits per heavy atom. The second-order valence-corrected chi connectivity index (χ2v) is 12.9. The van der Waals surface area contributed by atoms with Gasteiger partial charge in [-0.2, -0.15) is 0 Å². The topological polar surface area (TPSA) is 86.8 Å². The van der Waals surface area contributed by atoms with Gasteiger partial charge in [0.25, 0.3) is 0 Å². The van der Waals surface area contributed by atoms with Crippen LogP contribution in [0.25, 0.3) is 0 Å². The number of amides is 2. The molecular formula is C30H36BrN3O4S. The summed E-state index contributed by atoms with van der Waals surface area (Å²) in [6.45, 7) is 6.15. The standard InChI is InChI=1S/C30H36BrN3O4S/c1-22(2)19-32-30(36)28(18-24-11-6-5-7-12-24)33(20-25-13-9-8-10-23(25)3)29(35)21-34(39(4,37)38)27-16-14-26(31)15-17-27/h5-17,22,28H,18-21H2,1-4H3,(H,32,36)/t28-/m1/s1. The third-order valence-corrected chi connectivity index (χ3v) is 8.02. The molecule has 1 atom stereocenters. The molecule has 2 amide bonds. The highest BCUT2D eigenvalue weighted by Crippen LogP contribution is 2.23. The van der Waals surface area contributed by atoms with Crippen molar-refractivity contribution in [2.45, 2.75) is 39.8 Å². The largest absolute Gasteiger partial charge is 0.354 e. The molecule has 0 unspecified atom stereocenters. The maximum absolute atomic E-state index is 14.1. The van der Waals surface area contributed by atoms with E-state index >= 15 is 0 Å². The minimum atomic E-state index is -3.80. The number of sulfonamides is 1. The Hall–Kier alpha value is -3.17. The summed E-state index contributed by atoms with van der Waals surface area (Å²) in [5, 5.41) is 2.99. The van der Waals surface area contributed by atoms with Gasteiger partial charge in [-0.3, -0.25) is 13.9 Å². The SMILES string of the molecule is Cc1ccccc1CN(C(=O)CN(c1ccc(Br)cc1)S(C)(=O)=O)[C@H](Cc1ccccc1)C(=O)NCC(C)C. The molecule has 9 heteroatoms. The summed E-state index contributed by atoms with van der Waals surface area (Å²) in [5.41, 5.74) is 3.13. The summed E-state index contributed by atoms with van der Waals surface area (Å²) in [6.07, 6.45) is 1.37. The average molecular weight is 615 g/mol. The zero-order valence-corrected chi connectivity index (χ0v) is 25.2. The van der Waals surface area contributed by atoms with E-state index < -0.39 is 28.5 Å². The highest BCUT2D eigenvalue weighted by molar-refractivity contribution is 9.10. The van der Waals surface area contributed by atoms with E-state index in [-0.39, 0.29) is 18.4 Å². The zero-order chi connectivity index (χ0) is 28.6. The molecule has 7 nitrogen and oxygen atoms in total. The summed E-state index contributed by atoms with van der Waals surface area (Å²) in [7, 11) is -3.80. The third kappa shape index (κ3) is 8.93. The van der Waals surface area contributed by atoms with Gasteiger partial charge in [0.15, 0.2) is 0 Å². The minimum Gasteiger partial charge on any atom is -0.354 e. The summed E-state index contributed by atoms with van der Waals surface area (Å²) < 4.78 is 27.5. The van der Waals surface area contributed by atoms with Gasteiger partial charge in [0.1, 0.15) is 12.6 Å². The van der Waals surface area contributed by atoms with Crippen molar-refractivity contribution in [3.8, 4) is 0 Å². The van der Waals surface area contributed by atoms with Crippen LogP contribution in [0.4, 0.5) is 5.69 Å². The first-order valence-electron chi connectivity index (χ1n) is 12.8.